The summed E-state index contributed by atoms with van der Waals surface area (Å²) in [5.41, 5.74) is 5.43. The molecular weight excluding hydrogens is 419 g/mol. The Balaban J connectivity index is 0.000000478. The molecule has 1 aromatic heterocycles. The van der Waals surface area contributed by atoms with Crippen LogP contribution in [0.5, 0.6) is 11.5 Å². The van der Waals surface area contributed by atoms with Gasteiger partial charge in [0.2, 0.25) is 10.9 Å². The molecular formula is C20H21N4NiO2S+. The number of para-hydroxylation sites is 2. The van der Waals surface area contributed by atoms with Gasteiger partial charge in [-0.15, -0.1) is 0 Å². The van der Waals surface area contributed by atoms with Crippen LogP contribution in [0.4, 0.5) is 5.69 Å². The summed E-state index contributed by atoms with van der Waals surface area (Å²) in [6, 6.07) is 20.6. The van der Waals surface area contributed by atoms with Crippen LogP contribution < -0.4 is 10.1 Å². The van der Waals surface area contributed by atoms with E-state index in [-0.39, 0.29) is 22.2 Å². The van der Waals surface area contributed by atoms with Gasteiger partial charge in [0.1, 0.15) is 0 Å². The molecule has 0 radical (unpaired) electrons. The molecule has 0 aliphatic carbocycles. The number of nitrogens with zero attached hydrogens (tertiary/aromatic N) is 3. The molecule has 6 nitrogen and oxygen atoms in total. The van der Waals surface area contributed by atoms with Crippen molar-refractivity contribution in [3.05, 3.63) is 90.1 Å². The number of pyridine rings is 1. The Morgan fingerprint density at radius 1 is 1.07 bits per heavy atom. The van der Waals surface area contributed by atoms with Crippen LogP contribution in [-0.2, 0) is 28.7 Å². The van der Waals surface area contributed by atoms with Gasteiger partial charge >= 0.3 is 5.75 Å². The van der Waals surface area contributed by atoms with E-state index in [4.69, 9.17) is 9.84 Å². The van der Waals surface area contributed by atoms with Crippen molar-refractivity contribution in [3.63, 3.8) is 0 Å². The second kappa shape index (κ2) is 13.2. The summed E-state index contributed by atoms with van der Waals surface area (Å²) in [6.45, 7) is 0. The smallest absolute Gasteiger partial charge is 0.305 e. The van der Waals surface area contributed by atoms with Crippen molar-refractivity contribution in [2.75, 3.05) is 12.4 Å². The maximum atomic E-state index is 7.91. The second-order valence-electron chi connectivity index (χ2n) is 5.11. The van der Waals surface area contributed by atoms with E-state index in [0.29, 0.717) is 16.4 Å². The molecule has 0 spiro atoms. The van der Waals surface area contributed by atoms with Crippen molar-refractivity contribution >= 4 is 29.2 Å². The second-order valence-corrected chi connectivity index (χ2v) is 5.53. The van der Waals surface area contributed by atoms with Crippen molar-refractivity contribution in [1.82, 2.24) is 4.98 Å². The quantitative estimate of drug-likeness (QED) is 0.169. The molecule has 0 atom stereocenters. The average molecular weight is 440 g/mol. The third-order valence-electron chi connectivity index (χ3n) is 3.22. The topological polar surface area (TPSA) is 83.5 Å². The van der Waals surface area contributed by atoms with Crippen LogP contribution >= 0.6 is 0 Å². The summed E-state index contributed by atoms with van der Waals surface area (Å²) in [7, 11) is 1.53. The zero-order chi connectivity index (χ0) is 19.3. The van der Waals surface area contributed by atoms with Crippen LogP contribution in [0, 0.1) is 0 Å². The minimum absolute atomic E-state index is 0. The van der Waals surface area contributed by atoms with E-state index >= 15 is 0 Å². The molecule has 0 unspecified atom stereocenters. The first-order valence-electron chi connectivity index (χ1n) is 8.06. The van der Waals surface area contributed by atoms with E-state index in [9.17, 15) is 0 Å². The third-order valence-corrected chi connectivity index (χ3v) is 3.43. The molecule has 0 aliphatic heterocycles. The molecule has 2 aromatic carbocycles. The first-order valence-corrected chi connectivity index (χ1v) is 8.51. The van der Waals surface area contributed by atoms with Crippen molar-refractivity contribution in [3.8, 4) is 11.5 Å². The van der Waals surface area contributed by atoms with Crippen molar-refractivity contribution in [1.29, 1.82) is 0 Å². The monoisotopic (exact) mass is 439 g/mol. The standard InChI is InChI=1S/C15H15N3O2S.C5H5N.Ni/c1-20-13-9-5-6-11(14(13)19)10-16-18-15(21)17-12-7-3-2-4-8-12;1-2-4-6-5-3-1;/h2-10H,1H3,(H3,16,17,18,19,21);1-5H;/p+1. The predicted molar refractivity (Wildman–Crippen MR) is 115 cm³/mol. The molecule has 0 amide bonds. The predicted octanol–water partition coefficient (Wildman–Crippen LogP) is 3.40. The minimum atomic E-state index is 0. The Morgan fingerprint density at radius 2 is 1.75 bits per heavy atom. The number of methoxy groups -OCH3 is 1. The van der Waals surface area contributed by atoms with E-state index in [1.54, 1.807) is 30.6 Å². The van der Waals surface area contributed by atoms with Crippen molar-refractivity contribution in [2.45, 2.75) is 0 Å². The SMILES string of the molecule is COc1cccc(/C=N/[N-]C(=[SH+])Nc2ccccc2)c1[OH2+].[Ni].c1ccncc1. The fourth-order valence-electron chi connectivity index (χ4n) is 1.96. The zero-order valence-corrected chi connectivity index (χ0v) is 17.0. The van der Waals surface area contributed by atoms with Crippen LogP contribution in [0.3, 0.4) is 0 Å². The van der Waals surface area contributed by atoms with Gasteiger partial charge in [-0.2, -0.15) is 0 Å². The third kappa shape index (κ3) is 8.16. The molecule has 1 heterocycles. The molecule has 3 rings (SSSR count). The maximum Gasteiger partial charge on any atom is 0.305 e. The van der Waals surface area contributed by atoms with Crippen LogP contribution in [-0.4, -0.2) is 28.5 Å². The van der Waals surface area contributed by atoms with Gasteiger partial charge in [-0.25, -0.2) is 0 Å². The number of hydrogen-bond acceptors (Lipinski definition) is 3. The Kier molecular flexibility index (Phi) is 10.9. The Hall–Kier alpha value is -2.96. The summed E-state index contributed by atoms with van der Waals surface area (Å²) in [6.07, 6.45) is 4.99. The molecule has 0 aliphatic rings. The van der Waals surface area contributed by atoms with E-state index in [1.807, 2.05) is 48.5 Å². The number of thiol groups is 1. The van der Waals surface area contributed by atoms with Gasteiger partial charge in [-0.1, -0.05) is 30.3 Å². The fourth-order valence-corrected chi connectivity index (χ4v) is 2.14. The molecule has 3 aromatic rings. The van der Waals surface area contributed by atoms with Crippen LogP contribution in [0.15, 0.2) is 84.2 Å². The van der Waals surface area contributed by atoms with Gasteiger partial charge in [-0.05, 0) is 36.4 Å². The molecule has 8 heteroatoms. The summed E-state index contributed by atoms with van der Waals surface area (Å²) >= 11 is 4.21. The molecule has 148 valence electrons. The largest absolute Gasteiger partial charge is 0.590 e. The number of hydrogen-bond donors (Lipinski definition) is 1. The summed E-state index contributed by atoms with van der Waals surface area (Å²) < 4.78 is 5.08. The zero-order valence-electron chi connectivity index (χ0n) is 15.1. The van der Waals surface area contributed by atoms with Gasteiger partial charge in [0.05, 0.1) is 12.7 Å². The first kappa shape index (κ1) is 23.1. The Labute approximate surface area is 179 Å². The minimum Gasteiger partial charge on any atom is -0.590 e. The van der Waals surface area contributed by atoms with E-state index in [1.165, 1.54) is 13.3 Å². The number of ether oxygens (including phenoxy) is 1. The Bertz CT molecular complexity index is 838. The van der Waals surface area contributed by atoms with Crippen LogP contribution in [0.1, 0.15) is 5.56 Å². The number of rotatable bonds is 4. The van der Waals surface area contributed by atoms with E-state index in [0.717, 1.165) is 5.69 Å². The molecule has 0 saturated carbocycles. The van der Waals surface area contributed by atoms with Crippen LogP contribution in [0.25, 0.3) is 5.43 Å². The summed E-state index contributed by atoms with van der Waals surface area (Å²) in [5.74, 6) is 0.770. The van der Waals surface area contributed by atoms with Crippen molar-refractivity contribution < 1.29 is 26.3 Å². The van der Waals surface area contributed by atoms with E-state index in [2.05, 4.69) is 33.0 Å². The molecule has 0 saturated heterocycles. The van der Waals surface area contributed by atoms with Crippen molar-refractivity contribution in [2.24, 2.45) is 5.10 Å². The van der Waals surface area contributed by atoms with Gasteiger partial charge in [0.15, 0.2) is 12.2 Å². The molecule has 3 N–H and O–H groups in total. The fraction of sp³-hybridized carbons (Fsp3) is 0.0500. The average Bonchev–Trinajstić information content (AvgIpc) is 2.72. The molecule has 0 bridgehead atoms. The summed E-state index contributed by atoms with van der Waals surface area (Å²) in [5, 5.41) is 15.2. The Morgan fingerprint density at radius 3 is 2.32 bits per heavy atom. The number of benzene rings is 2. The van der Waals surface area contributed by atoms with Crippen LogP contribution in [0.2, 0.25) is 0 Å². The number of aromatic nitrogens is 1. The molecule has 28 heavy (non-hydrogen) atoms. The van der Waals surface area contributed by atoms with E-state index < -0.39 is 0 Å². The van der Waals surface area contributed by atoms with Gasteiger partial charge in [0.25, 0.3) is 0 Å². The van der Waals surface area contributed by atoms with Gasteiger partial charge < -0.3 is 25.7 Å². The normalized spacial score (nSPS) is 9.46. The van der Waals surface area contributed by atoms with Gasteiger partial charge in [-0.3, -0.25) is 4.98 Å². The molecule has 0 fully saturated rings. The van der Waals surface area contributed by atoms with Gasteiger partial charge in [0, 0.05) is 40.8 Å². The summed E-state index contributed by atoms with van der Waals surface area (Å²) in [4.78, 5) is 3.78. The number of anilines is 1. The number of nitrogens with one attached hydrogen (secondary N) is 1. The maximum absolute atomic E-state index is 7.91. The first-order chi connectivity index (χ1) is 13.2.